The molecule has 0 aromatic heterocycles. The molecule has 0 bridgehead atoms. The van der Waals surface area contributed by atoms with Crippen molar-refractivity contribution in [1.82, 2.24) is 0 Å². The third-order valence-corrected chi connectivity index (χ3v) is 28.5. The summed E-state index contributed by atoms with van der Waals surface area (Å²) in [6, 6.07) is 0. The first kappa shape index (κ1) is 131. The Balaban J connectivity index is -0.000000867. The van der Waals surface area contributed by atoms with E-state index in [1.54, 1.807) is 0 Å². The second-order valence-electron chi connectivity index (χ2n) is 38.2. The third-order valence-electron chi connectivity index (χ3n) is 25.5. The molecule has 0 amide bonds. The van der Waals surface area contributed by atoms with Crippen LogP contribution in [0.5, 0.6) is 0 Å². The standard InChI is InChI=1S/3C36H75O4P.Co/c3*1-3-5-7-9-11-13-15-17-19-21-23-25-27-29-31-33-35-39-41(37,38)40-36-34-32-30-28-26-24-22-20-18-16-14-12-10-8-6-4-2;/h3*3-36H2,1-2H3,(H,37,38);/q;;;+3/p-3. The van der Waals surface area contributed by atoms with Crippen molar-refractivity contribution in [3.05, 3.63) is 0 Å². The molecule has 12 nitrogen and oxygen atoms in total. The van der Waals surface area contributed by atoms with Crippen molar-refractivity contribution in [2.45, 2.75) is 658 Å². The predicted molar refractivity (Wildman–Crippen MR) is 536 cm³/mol. The van der Waals surface area contributed by atoms with Crippen LogP contribution in [-0.2, 0) is 57.6 Å². The van der Waals surface area contributed by atoms with Gasteiger partial charge in [-0.3, -0.25) is 13.7 Å². The van der Waals surface area contributed by atoms with Crippen LogP contribution in [0.3, 0.4) is 0 Å². The number of rotatable bonds is 108. The SMILES string of the molecule is CCCCCCCCCCCCCCCCCCOP(=O)([O-])OCCCCCCCCCCCCCCCCCC.CCCCCCCCCCCCCCCCCCOP(=O)([O-])OCCCCCCCCCCCCCCCCCC.CCCCCCCCCCCCCCCCCCOP(=O)([O-])OCCCCCCCCCCCCCCCCCC.[Co+3]. The molecule has 0 radical (unpaired) electrons. The quantitative estimate of drug-likeness (QED) is 0.0417. The van der Waals surface area contributed by atoms with Gasteiger partial charge < -0.3 is 41.8 Å². The molecule has 0 saturated heterocycles. The molecule has 0 aliphatic rings. The van der Waals surface area contributed by atoms with Gasteiger partial charge in [0.05, 0.1) is 39.6 Å². The minimum absolute atomic E-state index is 0. The first-order chi connectivity index (χ1) is 60.4. The van der Waals surface area contributed by atoms with E-state index in [0.717, 1.165) is 77.0 Å². The Labute approximate surface area is 788 Å². The Morgan fingerprint density at radius 3 is 0.242 bits per heavy atom. The Morgan fingerprint density at radius 2 is 0.177 bits per heavy atom. The van der Waals surface area contributed by atoms with Crippen molar-refractivity contribution in [2.75, 3.05) is 39.6 Å². The molecule has 0 saturated carbocycles. The topological polar surface area (TPSA) is 176 Å². The second-order valence-corrected chi connectivity index (χ2v) is 42.4. The normalized spacial score (nSPS) is 11.9. The van der Waals surface area contributed by atoms with Crippen LogP contribution in [0, 0.1) is 0 Å². The van der Waals surface area contributed by atoms with Gasteiger partial charge in [0.25, 0.3) is 23.5 Å². The summed E-state index contributed by atoms with van der Waals surface area (Å²) in [5, 5.41) is 0. The van der Waals surface area contributed by atoms with Crippen molar-refractivity contribution < 1.29 is 72.3 Å². The van der Waals surface area contributed by atoms with Gasteiger partial charge in [-0.2, -0.15) is 0 Å². The van der Waals surface area contributed by atoms with E-state index in [0.29, 0.717) is 0 Å². The summed E-state index contributed by atoms with van der Waals surface area (Å²) in [5.74, 6) is 0. The van der Waals surface area contributed by atoms with Crippen LogP contribution < -0.4 is 14.7 Å². The first-order valence-electron chi connectivity index (χ1n) is 56.2. The van der Waals surface area contributed by atoms with Crippen molar-refractivity contribution in [3.8, 4) is 0 Å². The van der Waals surface area contributed by atoms with E-state index in [4.69, 9.17) is 27.1 Å². The van der Waals surface area contributed by atoms with Crippen LogP contribution >= 0.6 is 23.5 Å². The Morgan fingerprint density at radius 1 is 0.121 bits per heavy atom. The van der Waals surface area contributed by atoms with Crippen LogP contribution in [-0.4, -0.2) is 39.6 Å². The van der Waals surface area contributed by atoms with E-state index >= 15 is 0 Å². The van der Waals surface area contributed by atoms with Gasteiger partial charge in [0, 0.05) is 0 Å². The molecule has 0 rings (SSSR count). The molecule has 0 aliphatic heterocycles. The molecule has 0 spiro atoms. The predicted octanol–water partition coefficient (Wildman–Crippen LogP) is 39.0. The van der Waals surface area contributed by atoms with Gasteiger partial charge in [-0.05, 0) is 38.5 Å². The zero-order valence-corrected chi connectivity index (χ0v) is 88.4. The minimum atomic E-state index is -4.12. The summed E-state index contributed by atoms with van der Waals surface area (Å²) in [7, 11) is -12.4. The van der Waals surface area contributed by atoms with E-state index in [-0.39, 0.29) is 56.4 Å². The molecule has 0 aromatic carbocycles. The van der Waals surface area contributed by atoms with Gasteiger partial charge in [-0.15, -0.1) is 0 Å². The average molecular weight is 1860 g/mol. The zero-order valence-electron chi connectivity index (χ0n) is 84.7. The fourth-order valence-electron chi connectivity index (χ4n) is 17.1. The van der Waals surface area contributed by atoms with Crippen molar-refractivity contribution in [3.63, 3.8) is 0 Å². The Kier molecular flexibility index (Phi) is 123. The van der Waals surface area contributed by atoms with E-state index < -0.39 is 23.5 Å². The maximum Gasteiger partial charge on any atom is 3.00 e. The molecule has 0 N–H and O–H groups in total. The first-order valence-corrected chi connectivity index (χ1v) is 60.5. The maximum absolute atomic E-state index is 11.9. The summed E-state index contributed by atoms with van der Waals surface area (Å²) in [6.07, 6.45) is 126. The van der Waals surface area contributed by atoms with Crippen LogP contribution in [0.4, 0.5) is 0 Å². The van der Waals surface area contributed by atoms with Crippen LogP contribution in [0.1, 0.15) is 658 Å². The summed E-state index contributed by atoms with van der Waals surface area (Å²) >= 11 is 0. The number of unbranched alkanes of at least 4 members (excludes halogenated alkanes) is 90. The minimum Gasteiger partial charge on any atom is -0.756 e. The summed E-state index contributed by atoms with van der Waals surface area (Å²) in [4.78, 5) is 35.8. The molecule has 750 valence electrons. The summed E-state index contributed by atoms with van der Waals surface area (Å²) in [5.41, 5.74) is 0. The van der Waals surface area contributed by atoms with Gasteiger partial charge in [0.1, 0.15) is 0 Å². The second kappa shape index (κ2) is 116. The van der Waals surface area contributed by atoms with Gasteiger partial charge >= 0.3 is 16.8 Å². The smallest absolute Gasteiger partial charge is 0.756 e. The van der Waals surface area contributed by atoms with Crippen molar-refractivity contribution in [1.29, 1.82) is 0 Å². The molecule has 0 atom stereocenters. The number of hydrogen-bond donors (Lipinski definition) is 0. The van der Waals surface area contributed by atoms with E-state index in [1.165, 1.54) is 539 Å². The molecular weight excluding hydrogens is 1640 g/mol. The van der Waals surface area contributed by atoms with Crippen LogP contribution in [0.15, 0.2) is 0 Å². The monoisotopic (exact) mass is 1860 g/mol. The molecule has 124 heavy (non-hydrogen) atoms. The Hall–Kier alpha value is 0.836. The zero-order chi connectivity index (χ0) is 89.9. The van der Waals surface area contributed by atoms with Gasteiger partial charge in [-0.25, -0.2) is 0 Å². The van der Waals surface area contributed by atoms with Gasteiger partial charge in [0.15, 0.2) is 0 Å². The van der Waals surface area contributed by atoms with Crippen molar-refractivity contribution >= 4 is 23.5 Å². The summed E-state index contributed by atoms with van der Waals surface area (Å²) < 4.78 is 66.1. The van der Waals surface area contributed by atoms with Crippen molar-refractivity contribution in [2.24, 2.45) is 0 Å². The fourth-order valence-corrected chi connectivity index (χ4v) is 19.4. The molecule has 0 fully saturated rings. The third kappa shape index (κ3) is 125. The van der Waals surface area contributed by atoms with Gasteiger partial charge in [-0.1, -0.05) is 619 Å². The summed E-state index contributed by atoms with van der Waals surface area (Å²) in [6.45, 7) is 15.2. The Bertz CT molecular complexity index is 1680. The molecule has 0 unspecified atom stereocenters. The molecule has 16 heteroatoms. The molecule has 0 aromatic rings. The van der Waals surface area contributed by atoms with Gasteiger partial charge in [0.2, 0.25) is 0 Å². The van der Waals surface area contributed by atoms with Crippen LogP contribution in [0.25, 0.3) is 0 Å². The number of phosphoric ester groups is 3. The van der Waals surface area contributed by atoms with E-state index in [9.17, 15) is 28.4 Å². The van der Waals surface area contributed by atoms with Crippen LogP contribution in [0.2, 0.25) is 0 Å². The molecule has 0 heterocycles. The largest absolute Gasteiger partial charge is 3.00 e. The van der Waals surface area contributed by atoms with E-state index in [1.807, 2.05) is 0 Å². The molecule has 0 aliphatic carbocycles. The van der Waals surface area contributed by atoms with E-state index in [2.05, 4.69) is 41.5 Å². The maximum atomic E-state index is 11.9. The molecular formula is C108H222CoO12P3. The number of hydrogen-bond acceptors (Lipinski definition) is 12. The number of phosphoric acid groups is 3. The fraction of sp³-hybridized carbons (Fsp3) is 1.00. The average Bonchev–Trinajstić information content (AvgIpc) is 0.950.